The lowest BCUT2D eigenvalue weighted by Gasteiger charge is -2.48. The fourth-order valence-electron chi connectivity index (χ4n) is 5.08. The van der Waals surface area contributed by atoms with Crippen LogP contribution in [-0.2, 0) is 18.3 Å². The number of fused-ring (bicyclic) bond motifs is 2. The Morgan fingerprint density at radius 1 is 1.00 bits per heavy atom. The summed E-state index contributed by atoms with van der Waals surface area (Å²) in [6.07, 6.45) is 2.88. The van der Waals surface area contributed by atoms with Gasteiger partial charge in [0.25, 0.3) is 5.56 Å². The van der Waals surface area contributed by atoms with Crippen LogP contribution in [0.25, 0.3) is 0 Å². The molecule has 4 rings (SSSR count). The van der Waals surface area contributed by atoms with E-state index in [0.717, 1.165) is 5.57 Å². The second-order valence-corrected chi connectivity index (χ2v) is 24.4. The third-order valence-electron chi connectivity index (χ3n) is 9.90. The van der Waals surface area contributed by atoms with E-state index in [2.05, 4.69) is 78.8 Å². The maximum Gasteiger partial charge on any atom is 0.338 e. The van der Waals surface area contributed by atoms with Gasteiger partial charge >= 0.3 is 11.7 Å². The molecule has 0 radical (unpaired) electrons. The van der Waals surface area contributed by atoms with Crippen molar-refractivity contribution in [1.29, 1.82) is 0 Å². The van der Waals surface area contributed by atoms with Gasteiger partial charge in [0.15, 0.2) is 16.6 Å². The fourth-order valence-corrected chi connectivity index (χ4v) is 7.44. The lowest BCUT2D eigenvalue weighted by atomic mass is 9.77. The zero-order valence-corrected chi connectivity index (χ0v) is 29.3. The van der Waals surface area contributed by atoms with Crippen molar-refractivity contribution in [3.05, 3.63) is 80.6 Å². The number of hydrogen-bond acceptors (Lipinski definition) is 7. The first kappa shape index (κ1) is 33.3. The molecular weight excluding hydrogens is 581 g/mol. The molecule has 0 amide bonds. The summed E-state index contributed by atoms with van der Waals surface area (Å²) >= 11 is 0. The summed E-state index contributed by atoms with van der Waals surface area (Å²) in [6, 6.07) is 10.2. The molecule has 11 heteroatoms. The predicted molar refractivity (Wildman–Crippen MR) is 172 cm³/mol. The number of aromatic amines is 1. The number of carbonyl (C=O) groups is 1. The van der Waals surface area contributed by atoms with Crippen molar-refractivity contribution < 1.29 is 23.1 Å². The first-order valence-corrected chi connectivity index (χ1v) is 20.8. The molecule has 1 aliphatic heterocycles. The predicted octanol–water partition coefficient (Wildman–Crippen LogP) is 6.02. The van der Waals surface area contributed by atoms with E-state index in [4.69, 9.17) is 18.3 Å². The quantitative estimate of drug-likeness (QED) is 0.206. The summed E-state index contributed by atoms with van der Waals surface area (Å²) in [6.45, 7) is 22.0. The number of rotatable bonds is 9. The van der Waals surface area contributed by atoms with Crippen LogP contribution >= 0.6 is 0 Å². The molecule has 0 saturated carbocycles. The number of nitrogens with one attached hydrogen (secondary N) is 1. The minimum Gasteiger partial charge on any atom is -0.457 e. The van der Waals surface area contributed by atoms with E-state index in [-0.39, 0.29) is 29.2 Å². The van der Waals surface area contributed by atoms with Gasteiger partial charge in [0.2, 0.25) is 0 Å². The highest BCUT2D eigenvalue weighted by molar-refractivity contribution is 6.74. The van der Waals surface area contributed by atoms with E-state index < -0.39 is 51.8 Å². The molecular formula is C32H48N2O7Si2. The molecule has 1 aromatic heterocycles. The van der Waals surface area contributed by atoms with Crippen LogP contribution in [0.1, 0.15) is 64.5 Å². The van der Waals surface area contributed by atoms with Gasteiger partial charge < -0.3 is 18.3 Å². The third-order valence-corrected chi connectivity index (χ3v) is 18.8. The van der Waals surface area contributed by atoms with E-state index in [1.54, 1.807) is 24.3 Å². The van der Waals surface area contributed by atoms with Crippen molar-refractivity contribution in [3.8, 4) is 0 Å². The molecule has 9 nitrogen and oxygen atoms in total. The number of hydrogen-bond donors (Lipinski definition) is 1. The van der Waals surface area contributed by atoms with E-state index >= 15 is 0 Å². The van der Waals surface area contributed by atoms with Gasteiger partial charge in [0.1, 0.15) is 18.4 Å². The van der Waals surface area contributed by atoms with E-state index in [1.165, 1.54) is 16.8 Å². The molecule has 2 aromatic rings. The molecule has 2 aliphatic rings. The van der Waals surface area contributed by atoms with Crippen molar-refractivity contribution in [2.45, 2.75) is 102 Å². The normalized spacial score (nSPS) is 24.5. The fraction of sp³-hybridized carbons (Fsp3) is 0.594. The van der Waals surface area contributed by atoms with Gasteiger partial charge in [-0.15, -0.1) is 0 Å². The molecule has 236 valence electrons. The highest BCUT2D eigenvalue weighted by Crippen LogP contribution is 2.54. The van der Waals surface area contributed by atoms with Crippen molar-refractivity contribution in [1.82, 2.24) is 9.55 Å². The van der Waals surface area contributed by atoms with Gasteiger partial charge in [0, 0.05) is 18.2 Å². The number of esters is 1. The molecule has 0 unspecified atom stereocenters. The minimum atomic E-state index is -2.38. The molecule has 1 N–H and O–H groups in total. The van der Waals surface area contributed by atoms with Crippen molar-refractivity contribution in [2.24, 2.45) is 5.92 Å². The largest absolute Gasteiger partial charge is 0.457 e. The van der Waals surface area contributed by atoms with Crippen LogP contribution in [-0.4, -0.2) is 57.1 Å². The van der Waals surface area contributed by atoms with Gasteiger partial charge in [-0.25, -0.2) is 9.59 Å². The van der Waals surface area contributed by atoms with Crippen LogP contribution in [0, 0.1) is 5.92 Å². The third kappa shape index (κ3) is 6.61. The minimum absolute atomic E-state index is 0.00802. The molecule has 4 atom stereocenters. The lowest BCUT2D eigenvalue weighted by Crippen LogP contribution is -2.58. The Morgan fingerprint density at radius 2 is 1.63 bits per heavy atom. The Morgan fingerprint density at radius 3 is 2.21 bits per heavy atom. The van der Waals surface area contributed by atoms with Crippen LogP contribution in [0.3, 0.4) is 0 Å². The summed E-state index contributed by atoms with van der Waals surface area (Å²) in [7, 11) is -4.66. The van der Waals surface area contributed by atoms with Gasteiger partial charge in [-0.05, 0) is 60.4 Å². The van der Waals surface area contributed by atoms with E-state index in [9.17, 15) is 14.4 Å². The second kappa shape index (κ2) is 11.7. The number of carbonyl (C=O) groups excluding carboxylic acids is 1. The Hall–Kier alpha value is -2.58. The Bertz CT molecular complexity index is 1470. The van der Waals surface area contributed by atoms with Gasteiger partial charge in [-0.2, -0.15) is 0 Å². The zero-order chi connectivity index (χ0) is 32.0. The van der Waals surface area contributed by atoms with E-state index in [0.29, 0.717) is 12.0 Å². The molecule has 2 heterocycles. The zero-order valence-electron chi connectivity index (χ0n) is 27.3. The number of H-pyrrole nitrogens is 1. The Labute approximate surface area is 256 Å². The molecule has 0 spiro atoms. The van der Waals surface area contributed by atoms with Crippen LogP contribution in [0.15, 0.2) is 63.8 Å². The van der Waals surface area contributed by atoms with E-state index in [1.807, 2.05) is 6.07 Å². The van der Waals surface area contributed by atoms with Gasteiger partial charge in [-0.1, -0.05) is 65.8 Å². The number of aromatic nitrogens is 2. The summed E-state index contributed by atoms with van der Waals surface area (Å²) in [4.78, 5) is 40.4. The maximum absolute atomic E-state index is 13.1. The number of ether oxygens (including phenoxy) is 2. The highest BCUT2D eigenvalue weighted by Gasteiger charge is 2.63. The molecule has 1 aliphatic carbocycles. The number of allylic oxidation sites excluding steroid dienone is 1. The Kier molecular flexibility index (Phi) is 9.09. The van der Waals surface area contributed by atoms with Gasteiger partial charge in [-0.3, -0.25) is 14.3 Å². The molecule has 1 fully saturated rings. The SMILES string of the molecule is CC(C)(C)[Si](C)(C)OC[C@]12O[C@@H](n3ccc(=O)[nH]c3=O)[C@H](CC=C1COC(=O)c1ccccc1)[C@@H]2O[Si](C)(C)C(C)(C)C. The second-order valence-electron chi connectivity index (χ2n) is 14.8. The average Bonchev–Trinajstić information content (AvgIpc) is 3.09. The first-order valence-electron chi connectivity index (χ1n) is 15.0. The molecule has 43 heavy (non-hydrogen) atoms. The summed E-state index contributed by atoms with van der Waals surface area (Å²) in [5.41, 5.74) is -0.920. The number of benzene rings is 1. The monoisotopic (exact) mass is 628 g/mol. The van der Waals surface area contributed by atoms with Crippen molar-refractivity contribution >= 4 is 22.6 Å². The molecule has 1 aromatic carbocycles. The summed E-state index contributed by atoms with van der Waals surface area (Å²) < 4.78 is 28.4. The smallest absolute Gasteiger partial charge is 0.338 e. The lowest BCUT2D eigenvalue weighted by molar-refractivity contribution is -0.103. The van der Waals surface area contributed by atoms with Crippen molar-refractivity contribution in [2.75, 3.05) is 13.2 Å². The molecule has 2 bridgehead atoms. The first-order chi connectivity index (χ1) is 19.8. The number of nitrogens with zero attached hydrogens (tertiary/aromatic N) is 1. The van der Waals surface area contributed by atoms with Gasteiger partial charge in [0.05, 0.1) is 18.3 Å². The summed E-state index contributed by atoms with van der Waals surface area (Å²) in [5, 5.41) is -0.162. The average molecular weight is 629 g/mol. The van der Waals surface area contributed by atoms with Crippen LogP contribution < -0.4 is 11.2 Å². The standard InChI is InChI=1S/C32H48N2O7Si2/c1-30(2,3)42(7,8)39-21-32-23(20-38-28(36)22-14-12-11-13-15-22)16-17-24(26(32)41-43(9,10)31(4,5)6)27(40-32)34-19-18-25(35)33-29(34)37/h11-16,18-19,24,26-27H,17,20-21H2,1-10H3,(H,33,35,37)/t24-,26+,27-,32+/m1/s1. The molecule has 1 saturated heterocycles. The summed E-state index contributed by atoms with van der Waals surface area (Å²) in [5.74, 6) is -0.674. The Balaban J connectivity index is 1.81. The van der Waals surface area contributed by atoms with Crippen molar-refractivity contribution in [3.63, 3.8) is 0 Å². The van der Waals surface area contributed by atoms with Crippen LogP contribution in [0.5, 0.6) is 0 Å². The highest BCUT2D eigenvalue weighted by atomic mass is 28.4. The maximum atomic E-state index is 13.1. The topological polar surface area (TPSA) is 109 Å². The van der Waals surface area contributed by atoms with Crippen LogP contribution in [0.4, 0.5) is 0 Å². The van der Waals surface area contributed by atoms with Crippen LogP contribution in [0.2, 0.25) is 36.3 Å².